The Morgan fingerprint density at radius 1 is 1.29 bits per heavy atom. The summed E-state index contributed by atoms with van der Waals surface area (Å²) < 4.78 is 18.8. The van der Waals surface area contributed by atoms with E-state index in [1.807, 2.05) is 19.2 Å². The first-order valence-electron chi connectivity index (χ1n) is 7.42. The van der Waals surface area contributed by atoms with Crippen LogP contribution in [0.25, 0.3) is 0 Å². The molecule has 3 rings (SSSR count). The van der Waals surface area contributed by atoms with Gasteiger partial charge in [0.2, 0.25) is 0 Å². The summed E-state index contributed by atoms with van der Waals surface area (Å²) in [5.74, 6) is 0.801. The minimum Gasteiger partial charge on any atom is -0.468 e. The molecule has 3 nitrogen and oxygen atoms in total. The first kappa shape index (κ1) is 14.3. The summed E-state index contributed by atoms with van der Waals surface area (Å²) in [6.07, 6.45) is 4.31. The fourth-order valence-corrected chi connectivity index (χ4v) is 2.45. The normalized spacial score (nSPS) is 14.8. The lowest BCUT2D eigenvalue weighted by molar-refractivity contribution is 0.285. The Labute approximate surface area is 124 Å². The molecule has 0 atom stereocenters. The molecule has 1 aromatic heterocycles. The number of hydrogen-bond donors (Lipinski definition) is 1. The Balaban J connectivity index is 1.56. The van der Waals surface area contributed by atoms with Crippen molar-refractivity contribution >= 4 is 0 Å². The van der Waals surface area contributed by atoms with Crippen molar-refractivity contribution in [2.75, 3.05) is 7.05 Å². The predicted octanol–water partition coefficient (Wildman–Crippen LogP) is 3.30. The molecule has 0 spiro atoms. The highest BCUT2D eigenvalue weighted by Gasteiger charge is 2.21. The number of furan rings is 1. The van der Waals surface area contributed by atoms with Gasteiger partial charge in [0.05, 0.1) is 12.8 Å². The summed E-state index contributed by atoms with van der Waals surface area (Å²) in [5.41, 5.74) is 2.19. The monoisotopic (exact) mass is 288 g/mol. The molecule has 1 saturated carbocycles. The highest BCUT2D eigenvalue weighted by atomic mass is 19.1. The van der Waals surface area contributed by atoms with Gasteiger partial charge in [0, 0.05) is 24.7 Å². The van der Waals surface area contributed by atoms with Crippen LogP contribution in [0.3, 0.4) is 0 Å². The van der Waals surface area contributed by atoms with E-state index < -0.39 is 0 Å². The van der Waals surface area contributed by atoms with Gasteiger partial charge in [-0.15, -0.1) is 0 Å². The zero-order valence-electron chi connectivity index (χ0n) is 12.3. The molecule has 0 bridgehead atoms. The third-order valence-corrected chi connectivity index (χ3v) is 3.75. The van der Waals surface area contributed by atoms with Crippen LogP contribution in [-0.4, -0.2) is 18.0 Å². The molecule has 1 aromatic carbocycles. The maximum absolute atomic E-state index is 13.2. The van der Waals surface area contributed by atoms with Crippen LogP contribution in [0, 0.1) is 5.82 Å². The third kappa shape index (κ3) is 4.16. The Morgan fingerprint density at radius 3 is 2.90 bits per heavy atom. The van der Waals surface area contributed by atoms with Gasteiger partial charge in [0.25, 0.3) is 0 Å². The van der Waals surface area contributed by atoms with Crippen LogP contribution in [0.15, 0.2) is 41.0 Å². The van der Waals surface area contributed by atoms with Crippen molar-refractivity contribution in [2.45, 2.75) is 38.5 Å². The van der Waals surface area contributed by atoms with Crippen LogP contribution in [0.5, 0.6) is 0 Å². The molecule has 0 amide bonds. The first-order chi connectivity index (χ1) is 10.2. The molecule has 2 aromatic rings. The fraction of sp³-hybridized carbons (Fsp3) is 0.412. The smallest absolute Gasteiger partial charge is 0.123 e. The zero-order chi connectivity index (χ0) is 14.7. The average Bonchev–Trinajstić information content (AvgIpc) is 3.17. The van der Waals surface area contributed by atoms with Crippen molar-refractivity contribution in [1.29, 1.82) is 0 Å². The molecule has 0 saturated heterocycles. The molecule has 1 N–H and O–H groups in total. The van der Waals surface area contributed by atoms with Crippen molar-refractivity contribution in [1.82, 2.24) is 10.2 Å². The lowest BCUT2D eigenvalue weighted by Gasteiger charge is -2.16. The van der Waals surface area contributed by atoms with E-state index in [1.165, 1.54) is 24.5 Å². The summed E-state index contributed by atoms with van der Waals surface area (Å²) in [5, 5.41) is 3.50. The summed E-state index contributed by atoms with van der Waals surface area (Å²) in [6.45, 7) is 2.30. The van der Waals surface area contributed by atoms with E-state index in [0.717, 1.165) is 24.4 Å². The molecule has 0 radical (unpaired) electrons. The molecule has 112 valence electrons. The molecular formula is C17H21FN2O. The quantitative estimate of drug-likeness (QED) is 0.847. The molecule has 0 unspecified atom stereocenters. The highest BCUT2D eigenvalue weighted by molar-refractivity contribution is 5.19. The highest BCUT2D eigenvalue weighted by Crippen LogP contribution is 2.21. The Hall–Kier alpha value is -1.65. The number of benzene rings is 1. The SMILES string of the molecule is CN(Cc1cccc(F)c1)Cc1occc1CNC1CC1. The standard InChI is InChI=1S/C17H21FN2O/c1-20(11-13-3-2-4-15(18)9-13)12-17-14(7-8-21-17)10-19-16-5-6-16/h2-4,7-9,16,19H,5-6,10-12H2,1H3. The van der Waals surface area contributed by atoms with E-state index in [9.17, 15) is 4.39 Å². The second kappa shape index (κ2) is 6.41. The van der Waals surface area contributed by atoms with Gasteiger partial charge in [-0.2, -0.15) is 0 Å². The Kier molecular flexibility index (Phi) is 4.36. The summed E-state index contributed by atoms with van der Waals surface area (Å²) in [6, 6.07) is 9.46. The van der Waals surface area contributed by atoms with Crippen molar-refractivity contribution < 1.29 is 8.81 Å². The molecule has 1 aliphatic rings. The van der Waals surface area contributed by atoms with Gasteiger partial charge in [-0.25, -0.2) is 4.39 Å². The molecule has 1 fully saturated rings. The predicted molar refractivity (Wildman–Crippen MR) is 80.1 cm³/mol. The molecular weight excluding hydrogens is 267 g/mol. The molecule has 21 heavy (non-hydrogen) atoms. The summed E-state index contributed by atoms with van der Waals surface area (Å²) >= 11 is 0. The van der Waals surface area contributed by atoms with Crippen LogP contribution >= 0.6 is 0 Å². The maximum atomic E-state index is 13.2. The summed E-state index contributed by atoms with van der Waals surface area (Å²) in [7, 11) is 2.02. The average molecular weight is 288 g/mol. The number of halogens is 1. The number of rotatable bonds is 7. The van der Waals surface area contributed by atoms with E-state index in [0.29, 0.717) is 12.6 Å². The minimum absolute atomic E-state index is 0.187. The van der Waals surface area contributed by atoms with Crippen LogP contribution in [-0.2, 0) is 19.6 Å². The fourth-order valence-electron chi connectivity index (χ4n) is 2.45. The van der Waals surface area contributed by atoms with Gasteiger partial charge in [0.1, 0.15) is 11.6 Å². The van der Waals surface area contributed by atoms with Crippen LogP contribution in [0.4, 0.5) is 4.39 Å². The molecule has 1 heterocycles. The molecule has 1 aliphatic carbocycles. The van der Waals surface area contributed by atoms with E-state index >= 15 is 0 Å². The van der Waals surface area contributed by atoms with Crippen molar-refractivity contribution in [2.24, 2.45) is 0 Å². The van der Waals surface area contributed by atoms with Gasteiger partial charge in [0.15, 0.2) is 0 Å². The van der Waals surface area contributed by atoms with Gasteiger partial charge >= 0.3 is 0 Å². The van der Waals surface area contributed by atoms with Crippen molar-refractivity contribution in [3.63, 3.8) is 0 Å². The van der Waals surface area contributed by atoms with Crippen LogP contribution in [0.1, 0.15) is 29.7 Å². The van der Waals surface area contributed by atoms with Crippen molar-refractivity contribution in [3.05, 3.63) is 59.3 Å². The maximum Gasteiger partial charge on any atom is 0.123 e. The van der Waals surface area contributed by atoms with E-state index in [1.54, 1.807) is 18.4 Å². The number of nitrogens with one attached hydrogen (secondary N) is 1. The topological polar surface area (TPSA) is 28.4 Å². The van der Waals surface area contributed by atoms with Crippen LogP contribution < -0.4 is 5.32 Å². The lowest BCUT2D eigenvalue weighted by atomic mass is 10.2. The lowest BCUT2D eigenvalue weighted by Crippen LogP contribution is -2.20. The number of nitrogens with zero attached hydrogens (tertiary/aromatic N) is 1. The second-order valence-corrected chi connectivity index (χ2v) is 5.83. The second-order valence-electron chi connectivity index (χ2n) is 5.83. The van der Waals surface area contributed by atoms with Gasteiger partial charge < -0.3 is 9.73 Å². The first-order valence-corrected chi connectivity index (χ1v) is 7.42. The third-order valence-electron chi connectivity index (χ3n) is 3.75. The Bertz CT molecular complexity index is 592. The zero-order valence-corrected chi connectivity index (χ0v) is 12.3. The van der Waals surface area contributed by atoms with Gasteiger partial charge in [-0.3, -0.25) is 4.90 Å². The molecule has 0 aliphatic heterocycles. The number of hydrogen-bond acceptors (Lipinski definition) is 3. The van der Waals surface area contributed by atoms with E-state index in [-0.39, 0.29) is 5.82 Å². The van der Waals surface area contributed by atoms with E-state index in [2.05, 4.69) is 10.2 Å². The Morgan fingerprint density at radius 2 is 2.14 bits per heavy atom. The molecule has 4 heteroatoms. The van der Waals surface area contributed by atoms with Gasteiger partial charge in [-0.1, -0.05) is 12.1 Å². The van der Waals surface area contributed by atoms with Crippen molar-refractivity contribution in [3.8, 4) is 0 Å². The van der Waals surface area contributed by atoms with Crippen LogP contribution in [0.2, 0.25) is 0 Å². The van der Waals surface area contributed by atoms with E-state index in [4.69, 9.17) is 4.42 Å². The largest absolute Gasteiger partial charge is 0.468 e. The summed E-state index contributed by atoms with van der Waals surface area (Å²) in [4.78, 5) is 2.13. The minimum atomic E-state index is -0.187. The van der Waals surface area contributed by atoms with Gasteiger partial charge in [-0.05, 0) is 43.7 Å².